The number of hydrogen-bond acceptors (Lipinski definition) is 7. The molecular weight excluding hydrogens is 532 g/mol. The summed E-state index contributed by atoms with van der Waals surface area (Å²) in [6.45, 7) is 4.08. The van der Waals surface area contributed by atoms with Crippen LogP contribution in [0.5, 0.6) is 0 Å². The van der Waals surface area contributed by atoms with Gasteiger partial charge in [-0.25, -0.2) is 4.79 Å². The number of aliphatic hydroxyl groups is 3. The van der Waals surface area contributed by atoms with Crippen LogP contribution in [-0.2, 0) is 19.0 Å². The highest BCUT2D eigenvalue weighted by atomic mass is 16.6. The number of aliphatic hydroxyl groups excluding tert-OH is 3. The Morgan fingerprint density at radius 1 is 0.690 bits per heavy atom. The van der Waals surface area contributed by atoms with E-state index in [2.05, 4.69) is 6.92 Å². The fourth-order valence-corrected chi connectivity index (χ4v) is 6.93. The number of carbonyl (C=O) groups excluding carboxylic acids is 1. The highest BCUT2D eigenvalue weighted by Crippen LogP contribution is 2.34. The van der Waals surface area contributed by atoms with Gasteiger partial charge in [0.2, 0.25) is 0 Å². The van der Waals surface area contributed by atoms with Gasteiger partial charge in [0.05, 0.1) is 42.7 Å². The molecule has 7 nitrogen and oxygen atoms in total. The van der Waals surface area contributed by atoms with E-state index in [0.29, 0.717) is 18.4 Å². The van der Waals surface area contributed by atoms with Gasteiger partial charge in [-0.15, -0.1) is 0 Å². The zero-order valence-electron chi connectivity index (χ0n) is 26.7. The molecule has 42 heavy (non-hydrogen) atoms. The van der Waals surface area contributed by atoms with Crippen LogP contribution in [0, 0.1) is 0 Å². The van der Waals surface area contributed by atoms with Gasteiger partial charge in [0.25, 0.3) is 0 Å². The summed E-state index contributed by atoms with van der Waals surface area (Å²) in [6.07, 6.45) is 23.2. The van der Waals surface area contributed by atoms with Gasteiger partial charge in [-0.1, -0.05) is 96.8 Å². The molecule has 3 rings (SSSR count). The normalized spacial score (nSPS) is 28.2. The predicted molar refractivity (Wildman–Crippen MR) is 166 cm³/mol. The molecule has 7 heteroatoms. The zero-order chi connectivity index (χ0) is 30.2. The Morgan fingerprint density at radius 2 is 1.14 bits per heavy atom. The molecule has 3 heterocycles. The SMILES string of the molecule is CCCCCCCCCC[C@@H](O)[C@H]1CC[C@H]([C@H]2CC[C@H]([C@H](O)CCCCCCCC[C@H](O)CC3=C[C@H](C)OC3=O)O2)O1. The van der Waals surface area contributed by atoms with Crippen LogP contribution < -0.4 is 0 Å². The number of hydrogen-bond donors (Lipinski definition) is 3. The van der Waals surface area contributed by atoms with E-state index in [1.165, 1.54) is 44.9 Å². The molecule has 0 aromatic carbocycles. The lowest BCUT2D eigenvalue weighted by atomic mass is 10.00. The van der Waals surface area contributed by atoms with E-state index in [1.807, 2.05) is 6.92 Å². The van der Waals surface area contributed by atoms with Crippen molar-refractivity contribution in [3.63, 3.8) is 0 Å². The molecule has 3 aliphatic rings. The first-order valence-corrected chi connectivity index (χ1v) is 17.6. The van der Waals surface area contributed by atoms with E-state index in [-0.39, 0.29) is 42.6 Å². The van der Waals surface area contributed by atoms with Crippen molar-refractivity contribution in [3.8, 4) is 0 Å². The Kier molecular flexibility index (Phi) is 17.0. The Hall–Kier alpha value is -0.990. The molecule has 0 aliphatic carbocycles. The van der Waals surface area contributed by atoms with Crippen molar-refractivity contribution in [3.05, 3.63) is 11.6 Å². The minimum Gasteiger partial charge on any atom is -0.455 e. The first-order valence-electron chi connectivity index (χ1n) is 17.6. The maximum Gasteiger partial charge on any atom is 0.334 e. The summed E-state index contributed by atoms with van der Waals surface area (Å²) in [7, 11) is 0. The van der Waals surface area contributed by atoms with Gasteiger partial charge >= 0.3 is 5.97 Å². The van der Waals surface area contributed by atoms with Crippen LogP contribution in [0.3, 0.4) is 0 Å². The van der Waals surface area contributed by atoms with E-state index in [4.69, 9.17) is 14.2 Å². The van der Waals surface area contributed by atoms with Crippen LogP contribution in [0.1, 0.15) is 155 Å². The number of unbranched alkanes of at least 4 members (excludes halogenated alkanes) is 12. The molecule has 244 valence electrons. The summed E-state index contributed by atoms with van der Waals surface area (Å²) in [6, 6.07) is 0. The zero-order valence-corrected chi connectivity index (χ0v) is 26.7. The highest BCUT2D eigenvalue weighted by Gasteiger charge is 2.40. The lowest BCUT2D eigenvalue weighted by molar-refractivity contribution is -0.139. The van der Waals surface area contributed by atoms with Crippen LogP contribution in [0.2, 0.25) is 0 Å². The molecule has 3 N–H and O–H groups in total. The van der Waals surface area contributed by atoms with Crippen molar-refractivity contribution < 1.29 is 34.3 Å². The molecule has 0 unspecified atom stereocenters. The fourth-order valence-electron chi connectivity index (χ4n) is 6.93. The third-order valence-electron chi connectivity index (χ3n) is 9.53. The molecule has 0 spiro atoms. The summed E-state index contributed by atoms with van der Waals surface area (Å²) >= 11 is 0. The van der Waals surface area contributed by atoms with Crippen molar-refractivity contribution in [2.75, 3.05) is 0 Å². The largest absolute Gasteiger partial charge is 0.455 e. The molecule has 0 radical (unpaired) electrons. The predicted octanol–water partition coefficient (Wildman–Crippen LogP) is 7.08. The van der Waals surface area contributed by atoms with E-state index < -0.39 is 12.2 Å². The number of rotatable bonds is 23. The maximum atomic E-state index is 11.7. The summed E-state index contributed by atoms with van der Waals surface area (Å²) in [5, 5.41) is 31.6. The van der Waals surface area contributed by atoms with Gasteiger partial charge in [0, 0.05) is 12.0 Å². The minimum atomic E-state index is -0.482. The third-order valence-corrected chi connectivity index (χ3v) is 9.53. The fraction of sp³-hybridized carbons (Fsp3) is 0.914. The highest BCUT2D eigenvalue weighted by molar-refractivity contribution is 5.90. The molecule has 3 aliphatic heterocycles. The van der Waals surface area contributed by atoms with Gasteiger partial charge < -0.3 is 29.5 Å². The summed E-state index contributed by atoms with van der Waals surface area (Å²) in [5.41, 5.74) is 0.606. The summed E-state index contributed by atoms with van der Waals surface area (Å²) < 4.78 is 17.6. The number of esters is 1. The van der Waals surface area contributed by atoms with Crippen LogP contribution in [-0.4, -0.2) is 70.1 Å². The molecule has 2 saturated heterocycles. The quantitative estimate of drug-likeness (QED) is 0.0858. The Balaban J connectivity index is 1.16. The van der Waals surface area contributed by atoms with Gasteiger partial charge in [-0.3, -0.25) is 0 Å². The van der Waals surface area contributed by atoms with Crippen LogP contribution in [0.25, 0.3) is 0 Å². The second-order valence-corrected chi connectivity index (χ2v) is 13.3. The Morgan fingerprint density at radius 3 is 1.60 bits per heavy atom. The molecule has 0 amide bonds. The van der Waals surface area contributed by atoms with E-state index >= 15 is 0 Å². The average Bonchev–Trinajstić information content (AvgIpc) is 3.72. The number of ether oxygens (including phenoxy) is 3. The van der Waals surface area contributed by atoms with Crippen molar-refractivity contribution in [2.45, 2.75) is 204 Å². The van der Waals surface area contributed by atoms with E-state index in [9.17, 15) is 20.1 Å². The smallest absolute Gasteiger partial charge is 0.334 e. The van der Waals surface area contributed by atoms with Crippen molar-refractivity contribution >= 4 is 5.97 Å². The van der Waals surface area contributed by atoms with Crippen LogP contribution in [0.15, 0.2) is 11.6 Å². The van der Waals surface area contributed by atoms with Crippen LogP contribution >= 0.6 is 0 Å². The second-order valence-electron chi connectivity index (χ2n) is 13.3. The van der Waals surface area contributed by atoms with Crippen molar-refractivity contribution in [1.29, 1.82) is 0 Å². The first-order chi connectivity index (χ1) is 20.4. The number of carbonyl (C=O) groups is 1. The summed E-state index contributed by atoms with van der Waals surface area (Å²) in [4.78, 5) is 11.7. The average molecular weight is 595 g/mol. The van der Waals surface area contributed by atoms with Crippen molar-refractivity contribution in [1.82, 2.24) is 0 Å². The molecule has 0 aromatic heterocycles. The third kappa shape index (κ3) is 12.9. The van der Waals surface area contributed by atoms with Gasteiger partial charge in [0.1, 0.15) is 6.10 Å². The topological polar surface area (TPSA) is 105 Å². The maximum absolute atomic E-state index is 11.7. The molecule has 0 bridgehead atoms. The standard InChI is InChI=1S/C35H62O7/c1-3-4-5-6-7-8-12-15-18-29(37)31-20-22-33(41-31)34-23-21-32(42-34)30(38)19-16-13-10-9-11-14-17-28(36)25-27-24-26(2)40-35(27)39/h24,26,28-34,36-38H,3-23,25H2,1-2H3/t26-,28-,29+,30+,31+,32+,33+,34+/m0/s1. The second kappa shape index (κ2) is 20.1. The van der Waals surface area contributed by atoms with Crippen molar-refractivity contribution in [2.24, 2.45) is 0 Å². The monoisotopic (exact) mass is 594 g/mol. The lowest BCUT2D eigenvalue weighted by Crippen LogP contribution is -2.33. The lowest BCUT2D eigenvalue weighted by Gasteiger charge is -2.24. The molecule has 2 fully saturated rings. The number of cyclic esters (lactones) is 1. The Labute approximate surface area is 255 Å². The summed E-state index contributed by atoms with van der Waals surface area (Å²) in [5.74, 6) is -0.290. The molecule has 8 atom stereocenters. The Bertz CT molecular complexity index is 770. The van der Waals surface area contributed by atoms with E-state index in [0.717, 1.165) is 83.5 Å². The minimum absolute atomic E-state index is 0.0410. The first kappa shape index (κ1) is 35.5. The van der Waals surface area contributed by atoms with Gasteiger partial charge in [-0.05, 0) is 57.9 Å². The van der Waals surface area contributed by atoms with E-state index in [1.54, 1.807) is 6.08 Å². The van der Waals surface area contributed by atoms with Gasteiger partial charge in [-0.2, -0.15) is 0 Å². The molecular formula is C35H62O7. The van der Waals surface area contributed by atoms with Gasteiger partial charge in [0.15, 0.2) is 0 Å². The van der Waals surface area contributed by atoms with Crippen LogP contribution in [0.4, 0.5) is 0 Å². The molecule has 0 aromatic rings. The molecule has 0 saturated carbocycles.